The third kappa shape index (κ3) is 11.7. The maximum absolute atomic E-state index is 4.86. The molecule has 1 fully saturated rings. The van der Waals surface area contributed by atoms with E-state index >= 15 is 0 Å². The van der Waals surface area contributed by atoms with Crippen molar-refractivity contribution in [3.8, 4) is 0 Å². The number of hydrazine groups is 1. The van der Waals surface area contributed by atoms with Crippen molar-refractivity contribution >= 4 is 5.71 Å². The predicted molar refractivity (Wildman–Crippen MR) is 122 cm³/mol. The number of hydrogen-bond donors (Lipinski definition) is 1. The third-order valence-corrected chi connectivity index (χ3v) is 4.27. The van der Waals surface area contributed by atoms with Crippen LogP contribution in [0.25, 0.3) is 0 Å². The summed E-state index contributed by atoms with van der Waals surface area (Å²) in [5.41, 5.74) is 5.57. The highest BCUT2D eigenvalue weighted by atomic mass is 15.5. The van der Waals surface area contributed by atoms with Crippen molar-refractivity contribution in [2.75, 3.05) is 20.1 Å². The third-order valence-electron chi connectivity index (χ3n) is 4.27. The first-order valence-electron chi connectivity index (χ1n) is 10.7. The molecule has 4 nitrogen and oxygen atoms in total. The van der Waals surface area contributed by atoms with Crippen LogP contribution in [0.5, 0.6) is 0 Å². The highest BCUT2D eigenvalue weighted by molar-refractivity contribution is 5.93. The van der Waals surface area contributed by atoms with Crippen LogP contribution in [-0.2, 0) is 0 Å². The summed E-state index contributed by atoms with van der Waals surface area (Å²) in [5, 5.41) is 2.20. The first-order valence-corrected chi connectivity index (χ1v) is 10.7. The van der Waals surface area contributed by atoms with Gasteiger partial charge in [0, 0.05) is 32.0 Å². The van der Waals surface area contributed by atoms with E-state index in [1.165, 1.54) is 44.1 Å². The Hall–Kier alpha value is -1.55. The number of rotatable bonds is 4. The fourth-order valence-electron chi connectivity index (χ4n) is 2.90. The van der Waals surface area contributed by atoms with Gasteiger partial charge < -0.3 is 10.3 Å². The van der Waals surface area contributed by atoms with E-state index in [0.29, 0.717) is 6.04 Å². The van der Waals surface area contributed by atoms with Crippen LogP contribution in [0.2, 0.25) is 0 Å². The number of allylic oxidation sites excluding steroid dienone is 2. The molecule has 1 atom stereocenters. The zero-order chi connectivity index (χ0) is 20.7. The molecule has 2 heterocycles. The average Bonchev–Trinajstić information content (AvgIpc) is 2.72. The van der Waals surface area contributed by atoms with Crippen molar-refractivity contribution in [3.05, 3.63) is 36.3 Å². The Balaban J connectivity index is 0.000000998. The molecule has 1 saturated heterocycles. The fourth-order valence-corrected chi connectivity index (χ4v) is 2.90. The Morgan fingerprint density at radius 2 is 1.81 bits per heavy atom. The van der Waals surface area contributed by atoms with E-state index in [-0.39, 0.29) is 0 Å². The number of aliphatic imine (C=N–C) groups is 1. The molecule has 0 saturated carbocycles. The van der Waals surface area contributed by atoms with E-state index in [2.05, 4.69) is 55.0 Å². The van der Waals surface area contributed by atoms with Gasteiger partial charge in [0.1, 0.15) is 5.82 Å². The molecular weight excluding hydrogens is 332 g/mol. The van der Waals surface area contributed by atoms with Crippen molar-refractivity contribution in [2.45, 2.75) is 86.1 Å². The molecule has 0 radical (unpaired) electrons. The molecule has 1 N–H and O–H groups in total. The molecule has 0 bridgehead atoms. The maximum Gasteiger partial charge on any atom is 0.126 e. The number of likely N-dealkylation sites (tertiary alicyclic amines) is 1. The van der Waals surface area contributed by atoms with Crippen LogP contribution >= 0.6 is 0 Å². The van der Waals surface area contributed by atoms with E-state index in [1.54, 1.807) is 0 Å². The lowest BCUT2D eigenvalue weighted by Gasteiger charge is -2.31. The molecule has 0 aromatic heterocycles. The van der Waals surface area contributed by atoms with Crippen LogP contribution in [-0.4, -0.2) is 41.8 Å². The van der Waals surface area contributed by atoms with Crippen LogP contribution < -0.4 is 5.43 Å². The molecule has 0 aromatic carbocycles. The average molecular weight is 377 g/mol. The minimum absolute atomic E-state index is 0.390. The minimum Gasteiger partial charge on any atom is -0.357 e. The molecule has 2 aliphatic heterocycles. The van der Waals surface area contributed by atoms with Crippen molar-refractivity contribution in [1.82, 2.24) is 15.3 Å². The Labute approximate surface area is 169 Å². The fraction of sp³-hybridized carbons (Fsp3) is 0.696. The molecule has 0 aliphatic carbocycles. The summed E-state index contributed by atoms with van der Waals surface area (Å²) < 4.78 is 0. The van der Waals surface area contributed by atoms with Gasteiger partial charge in [0.15, 0.2) is 0 Å². The second kappa shape index (κ2) is 15.5. The highest BCUT2D eigenvalue weighted by Crippen LogP contribution is 2.19. The summed E-state index contributed by atoms with van der Waals surface area (Å²) in [6.45, 7) is 18.1. The molecule has 2 aliphatic rings. The van der Waals surface area contributed by atoms with Gasteiger partial charge in [-0.25, -0.2) is 10.0 Å². The van der Waals surface area contributed by atoms with Crippen LogP contribution in [0.15, 0.2) is 41.3 Å². The lowest BCUT2D eigenvalue weighted by atomic mass is 10.1. The summed E-state index contributed by atoms with van der Waals surface area (Å²) in [4.78, 5) is 7.32. The summed E-state index contributed by atoms with van der Waals surface area (Å²) >= 11 is 0. The van der Waals surface area contributed by atoms with Crippen LogP contribution in [0.1, 0.15) is 80.1 Å². The number of piperidine rings is 1. The molecule has 2 rings (SSSR count). The van der Waals surface area contributed by atoms with Gasteiger partial charge in [-0.1, -0.05) is 39.2 Å². The van der Waals surface area contributed by atoms with Gasteiger partial charge in [-0.2, -0.15) is 0 Å². The second-order valence-corrected chi connectivity index (χ2v) is 7.32. The van der Waals surface area contributed by atoms with Gasteiger partial charge in [-0.3, -0.25) is 0 Å². The second-order valence-electron chi connectivity index (χ2n) is 7.32. The van der Waals surface area contributed by atoms with E-state index < -0.39 is 0 Å². The van der Waals surface area contributed by atoms with E-state index in [0.717, 1.165) is 24.6 Å². The zero-order valence-electron chi connectivity index (χ0n) is 19.0. The van der Waals surface area contributed by atoms with Gasteiger partial charge in [-0.05, 0) is 58.6 Å². The molecule has 1 unspecified atom stereocenters. The van der Waals surface area contributed by atoms with Gasteiger partial charge in [0.25, 0.3) is 0 Å². The minimum atomic E-state index is 0.390. The van der Waals surface area contributed by atoms with Gasteiger partial charge >= 0.3 is 0 Å². The van der Waals surface area contributed by atoms with Crippen LogP contribution in [0, 0.1) is 0 Å². The van der Waals surface area contributed by atoms with Crippen molar-refractivity contribution < 1.29 is 0 Å². The molecule has 156 valence electrons. The van der Waals surface area contributed by atoms with E-state index in [9.17, 15) is 0 Å². The number of hydrogen-bond acceptors (Lipinski definition) is 4. The van der Waals surface area contributed by atoms with Crippen LogP contribution in [0.3, 0.4) is 0 Å². The van der Waals surface area contributed by atoms with Gasteiger partial charge in [-0.15, -0.1) is 6.58 Å². The predicted octanol–water partition coefficient (Wildman–Crippen LogP) is 5.91. The van der Waals surface area contributed by atoms with Crippen molar-refractivity contribution in [3.63, 3.8) is 0 Å². The maximum atomic E-state index is 4.86. The number of nitrogens with one attached hydrogen (secondary N) is 1. The first kappa shape index (κ1) is 25.4. The SMILES string of the molecule is C=C(C)C.CC.CCCCC1/C=C(N2CCCCC2)/N=C(C)\C=C/NN1C. The molecule has 27 heavy (non-hydrogen) atoms. The molecule has 0 amide bonds. The summed E-state index contributed by atoms with van der Waals surface area (Å²) in [6, 6.07) is 0.390. The summed E-state index contributed by atoms with van der Waals surface area (Å²) in [6.07, 6.45) is 14.0. The first-order chi connectivity index (χ1) is 12.9. The Morgan fingerprint density at radius 3 is 2.37 bits per heavy atom. The van der Waals surface area contributed by atoms with Crippen molar-refractivity contribution in [2.24, 2.45) is 4.99 Å². The summed E-state index contributed by atoms with van der Waals surface area (Å²) in [7, 11) is 2.12. The summed E-state index contributed by atoms with van der Waals surface area (Å²) in [5.74, 6) is 1.16. The van der Waals surface area contributed by atoms with Crippen LogP contribution in [0.4, 0.5) is 0 Å². The molecule has 0 spiro atoms. The standard InChI is InChI=1S/C17H30N4.C4H8.C2H6/c1-4-5-9-16-14-17(21-12-7-6-8-13-21)19-15(2)10-11-18-20(16)3;1-4(2)3;1-2/h10-11,14,16,18H,4-9,12-13H2,1-3H3;1H2,2-3H3;1-2H3/b11-10-,17-14-,19-15-;;. The van der Waals surface area contributed by atoms with Crippen molar-refractivity contribution in [1.29, 1.82) is 0 Å². The quantitative estimate of drug-likeness (QED) is 0.619. The molecule has 4 heteroatoms. The highest BCUT2D eigenvalue weighted by Gasteiger charge is 2.18. The van der Waals surface area contributed by atoms with E-state index in [1.807, 2.05) is 33.9 Å². The van der Waals surface area contributed by atoms with E-state index in [4.69, 9.17) is 4.99 Å². The largest absolute Gasteiger partial charge is 0.357 e. The normalized spacial score (nSPS) is 25.3. The molecular formula is C23H44N4. The Kier molecular flexibility index (Phi) is 14.6. The van der Waals surface area contributed by atoms with Gasteiger partial charge in [0.2, 0.25) is 0 Å². The van der Waals surface area contributed by atoms with Gasteiger partial charge in [0.05, 0.1) is 6.04 Å². The zero-order valence-corrected chi connectivity index (χ0v) is 19.0. The topological polar surface area (TPSA) is 30.9 Å². The lowest BCUT2D eigenvalue weighted by Crippen LogP contribution is -2.39. The smallest absolute Gasteiger partial charge is 0.126 e. The Bertz CT molecular complexity index is 481. The monoisotopic (exact) mass is 376 g/mol. The number of likely N-dealkylation sites (N-methyl/N-ethyl adjacent to an activating group) is 1. The Morgan fingerprint density at radius 1 is 1.22 bits per heavy atom. The molecule has 0 aromatic rings. The lowest BCUT2D eigenvalue weighted by molar-refractivity contribution is 0.210. The number of unbranched alkanes of at least 4 members (excludes halogenated alkanes) is 1. The number of nitrogens with zero attached hydrogens (tertiary/aromatic N) is 3.